The standard InChI is InChI=1S/C12H17N3O4/c1-19-6-2-3-9(12(17)18)15-10-5-4-8(7-14-10)11(13)16/h4-5,7,9H,2-3,6H2,1H3,(H2,13,16)(H,14,15)(H,17,18). The number of nitrogens with one attached hydrogen (secondary N) is 1. The van der Waals surface area contributed by atoms with Crippen LogP contribution in [0.1, 0.15) is 23.2 Å². The van der Waals surface area contributed by atoms with Gasteiger partial charge in [0.2, 0.25) is 5.91 Å². The number of carbonyl (C=O) groups is 2. The third-order valence-electron chi connectivity index (χ3n) is 2.51. The summed E-state index contributed by atoms with van der Waals surface area (Å²) in [6.07, 6.45) is 2.35. The minimum absolute atomic E-state index is 0.275. The van der Waals surface area contributed by atoms with Crippen molar-refractivity contribution in [3.05, 3.63) is 23.9 Å². The van der Waals surface area contributed by atoms with Crippen molar-refractivity contribution in [2.45, 2.75) is 18.9 Å². The van der Waals surface area contributed by atoms with Crippen LogP contribution in [0.4, 0.5) is 5.82 Å². The molecule has 0 bridgehead atoms. The van der Waals surface area contributed by atoms with Gasteiger partial charge in [-0.1, -0.05) is 0 Å². The van der Waals surface area contributed by atoms with Crippen molar-refractivity contribution < 1.29 is 19.4 Å². The first kappa shape index (κ1) is 14.9. The van der Waals surface area contributed by atoms with Crippen LogP contribution in [0.5, 0.6) is 0 Å². The number of ether oxygens (including phenoxy) is 1. The van der Waals surface area contributed by atoms with Crippen LogP contribution in [-0.2, 0) is 9.53 Å². The summed E-state index contributed by atoms with van der Waals surface area (Å²) in [5, 5.41) is 11.9. The number of aliphatic carboxylic acids is 1. The molecule has 1 unspecified atom stereocenters. The number of carbonyl (C=O) groups excluding carboxylic acids is 1. The highest BCUT2D eigenvalue weighted by Crippen LogP contribution is 2.09. The number of methoxy groups -OCH3 is 1. The van der Waals surface area contributed by atoms with Gasteiger partial charge in [0, 0.05) is 19.9 Å². The molecule has 0 fully saturated rings. The van der Waals surface area contributed by atoms with Crippen LogP contribution in [0.25, 0.3) is 0 Å². The molecule has 0 radical (unpaired) electrons. The van der Waals surface area contributed by atoms with Gasteiger partial charge < -0.3 is 20.9 Å². The van der Waals surface area contributed by atoms with Gasteiger partial charge in [0.15, 0.2) is 0 Å². The van der Waals surface area contributed by atoms with Crippen LogP contribution in [0.2, 0.25) is 0 Å². The number of carboxylic acid groups (broad SMARTS) is 1. The predicted octanol–water partition coefficient (Wildman–Crippen LogP) is 0.472. The van der Waals surface area contributed by atoms with Crippen LogP contribution in [0.3, 0.4) is 0 Å². The molecule has 19 heavy (non-hydrogen) atoms. The molecule has 1 aromatic heterocycles. The molecular formula is C12H17N3O4. The van der Waals surface area contributed by atoms with Crippen molar-refractivity contribution in [1.29, 1.82) is 0 Å². The molecule has 7 nitrogen and oxygen atoms in total. The Balaban J connectivity index is 2.63. The Hall–Kier alpha value is -2.15. The fourth-order valence-corrected chi connectivity index (χ4v) is 1.49. The Morgan fingerprint density at radius 1 is 1.53 bits per heavy atom. The summed E-state index contributed by atoms with van der Waals surface area (Å²) in [4.78, 5) is 25.9. The largest absolute Gasteiger partial charge is 0.480 e. The van der Waals surface area contributed by atoms with Crippen molar-refractivity contribution in [3.63, 3.8) is 0 Å². The van der Waals surface area contributed by atoms with Crippen molar-refractivity contribution in [1.82, 2.24) is 4.98 Å². The number of rotatable bonds is 8. The van der Waals surface area contributed by atoms with E-state index in [2.05, 4.69) is 10.3 Å². The minimum atomic E-state index is -0.961. The summed E-state index contributed by atoms with van der Waals surface area (Å²) in [7, 11) is 1.56. The van der Waals surface area contributed by atoms with E-state index >= 15 is 0 Å². The summed E-state index contributed by atoms with van der Waals surface area (Å²) < 4.78 is 4.88. The molecule has 1 aromatic rings. The van der Waals surface area contributed by atoms with Crippen LogP contribution in [0.15, 0.2) is 18.3 Å². The smallest absolute Gasteiger partial charge is 0.326 e. The van der Waals surface area contributed by atoms with E-state index in [1.54, 1.807) is 7.11 Å². The molecule has 1 amide bonds. The number of pyridine rings is 1. The SMILES string of the molecule is COCCCC(Nc1ccc(C(N)=O)cn1)C(=O)O. The average Bonchev–Trinajstić information content (AvgIpc) is 2.38. The lowest BCUT2D eigenvalue weighted by molar-refractivity contribution is -0.138. The topological polar surface area (TPSA) is 115 Å². The monoisotopic (exact) mass is 267 g/mol. The van der Waals surface area contributed by atoms with Crippen LogP contribution < -0.4 is 11.1 Å². The maximum atomic E-state index is 11.1. The lowest BCUT2D eigenvalue weighted by Crippen LogP contribution is -2.30. The van der Waals surface area contributed by atoms with E-state index in [-0.39, 0.29) is 5.56 Å². The molecule has 0 aliphatic carbocycles. The number of hydrogen-bond acceptors (Lipinski definition) is 5. The molecule has 1 atom stereocenters. The van der Waals surface area contributed by atoms with Crippen LogP contribution in [-0.4, -0.2) is 41.7 Å². The Morgan fingerprint density at radius 3 is 2.74 bits per heavy atom. The van der Waals surface area contributed by atoms with Crippen molar-refractivity contribution >= 4 is 17.7 Å². The third-order valence-corrected chi connectivity index (χ3v) is 2.51. The van der Waals surface area contributed by atoms with Gasteiger partial charge in [0.25, 0.3) is 0 Å². The van der Waals surface area contributed by atoms with Crippen LogP contribution in [0, 0.1) is 0 Å². The first-order chi connectivity index (χ1) is 9.04. The summed E-state index contributed by atoms with van der Waals surface area (Å²) >= 11 is 0. The van der Waals surface area contributed by atoms with E-state index in [1.165, 1.54) is 18.3 Å². The molecule has 1 heterocycles. The fourth-order valence-electron chi connectivity index (χ4n) is 1.49. The Labute approximate surface area is 110 Å². The molecule has 0 saturated carbocycles. The van der Waals surface area contributed by atoms with E-state index in [4.69, 9.17) is 15.6 Å². The Morgan fingerprint density at radius 2 is 2.26 bits per heavy atom. The number of anilines is 1. The summed E-state index contributed by atoms with van der Waals surface area (Å²) in [6, 6.07) is 2.26. The Kier molecular flexibility index (Phi) is 5.74. The van der Waals surface area contributed by atoms with Gasteiger partial charge >= 0.3 is 5.97 Å². The fraction of sp³-hybridized carbons (Fsp3) is 0.417. The number of aromatic nitrogens is 1. The van der Waals surface area contributed by atoms with Gasteiger partial charge in [0.05, 0.1) is 5.56 Å². The highest BCUT2D eigenvalue weighted by atomic mass is 16.5. The van der Waals surface area contributed by atoms with Gasteiger partial charge in [-0.05, 0) is 25.0 Å². The number of hydrogen-bond donors (Lipinski definition) is 3. The van der Waals surface area contributed by atoms with Gasteiger partial charge in [-0.2, -0.15) is 0 Å². The van der Waals surface area contributed by atoms with E-state index < -0.39 is 17.9 Å². The highest BCUT2D eigenvalue weighted by Gasteiger charge is 2.17. The zero-order valence-corrected chi connectivity index (χ0v) is 10.6. The first-order valence-electron chi connectivity index (χ1n) is 5.78. The molecule has 104 valence electrons. The lowest BCUT2D eigenvalue weighted by Gasteiger charge is -2.14. The van der Waals surface area contributed by atoms with E-state index in [0.717, 1.165) is 0 Å². The number of nitrogens with two attached hydrogens (primary N) is 1. The summed E-state index contributed by atoms with van der Waals surface area (Å²) in [5.41, 5.74) is 5.36. The molecule has 0 spiro atoms. The van der Waals surface area contributed by atoms with E-state index in [1.807, 2.05) is 0 Å². The third kappa shape index (κ3) is 4.92. The molecular weight excluding hydrogens is 250 g/mol. The summed E-state index contributed by atoms with van der Waals surface area (Å²) in [5.74, 6) is -1.15. The molecule has 1 rings (SSSR count). The van der Waals surface area contributed by atoms with Crippen molar-refractivity contribution in [2.75, 3.05) is 19.0 Å². The zero-order chi connectivity index (χ0) is 14.3. The molecule has 0 aliphatic rings. The number of primary amides is 1. The maximum Gasteiger partial charge on any atom is 0.326 e. The molecule has 0 aromatic carbocycles. The summed E-state index contributed by atoms with van der Waals surface area (Å²) in [6.45, 7) is 0.500. The normalized spacial score (nSPS) is 11.8. The highest BCUT2D eigenvalue weighted by molar-refractivity contribution is 5.92. The second kappa shape index (κ2) is 7.32. The molecule has 0 saturated heterocycles. The lowest BCUT2D eigenvalue weighted by atomic mass is 10.1. The number of carboxylic acids is 1. The minimum Gasteiger partial charge on any atom is -0.480 e. The molecule has 7 heteroatoms. The predicted molar refractivity (Wildman–Crippen MR) is 68.9 cm³/mol. The van der Waals surface area contributed by atoms with E-state index in [9.17, 15) is 9.59 Å². The quantitative estimate of drug-likeness (QED) is 0.590. The second-order valence-electron chi connectivity index (χ2n) is 3.97. The zero-order valence-electron chi connectivity index (χ0n) is 10.6. The van der Waals surface area contributed by atoms with Crippen molar-refractivity contribution in [3.8, 4) is 0 Å². The first-order valence-corrected chi connectivity index (χ1v) is 5.78. The Bertz CT molecular complexity index is 433. The van der Waals surface area contributed by atoms with Crippen molar-refractivity contribution in [2.24, 2.45) is 5.73 Å². The van der Waals surface area contributed by atoms with E-state index in [0.29, 0.717) is 25.3 Å². The van der Waals surface area contributed by atoms with Gasteiger partial charge in [-0.25, -0.2) is 9.78 Å². The molecule has 0 aliphatic heterocycles. The van der Waals surface area contributed by atoms with Crippen LogP contribution >= 0.6 is 0 Å². The van der Waals surface area contributed by atoms with Gasteiger partial charge in [-0.15, -0.1) is 0 Å². The van der Waals surface area contributed by atoms with Gasteiger partial charge in [0.1, 0.15) is 11.9 Å². The second-order valence-corrected chi connectivity index (χ2v) is 3.97. The number of amides is 1. The molecule has 4 N–H and O–H groups in total. The average molecular weight is 267 g/mol. The number of nitrogens with zero attached hydrogens (tertiary/aromatic N) is 1. The maximum absolute atomic E-state index is 11.1. The van der Waals surface area contributed by atoms with Gasteiger partial charge in [-0.3, -0.25) is 4.79 Å².